The molecule has 0 aliphatic rings. The highest BCUT2D eigenvalue weighted by atomic mass is 32.2. The molecule has 4 unspecified atom stereocenters. The van der Waals surface area contributed by atoms with E-state index >= 15 is 0 Å². The van der Waals surface area contributed by atoms with E-state index in [1.54, 1.807) is 20.1 Å². The monoisotopic (exact) mass is 478 g/mol. The summed E-state index contributed by atoms with van der Waals surface area (Å²) in [7, 11) is 0. The molecule has 0 aromatic rings. The summed E-state index contributed by atoms with van der Waals surface area (Å²) >= 11 is 1.39. The molecular formula is C18H30N4O9S. The number of aliphatic carboxylic acids is 3. The largest absolute Gasteiger partial charge is 0.481 e. The summed E-state index contributed by atoms with van der Waals surface area (Å²) < 4.78 is 0. The second-order valence-corrected chi connectivity index (χ2v) is 8.25. The smallest absolute Gasteiger partial charge is 0.326 e. The highest BCUT2D eigenvalue weighted by Crippen LogP contribution is 2.06. The lowest BCUT2D eigenvalue weighted by Gasteiger charge is -2.25. The van der Waals surface area contributed by atoms with E-state index in [9.17, 15) is 28.8 Å². The molecule has 3 amide bonds. The van der Waals surface area contributed by atoms with Crippen molar-refractivity contribution in [3.63, 3.8) is 0 Å². The summed E-state index contributed by atoms with van der Waals surface area (Å²) in [6.45, 7) is 3.43. The average molecular weight is 479 g/mol. The maximum atomic E-state index is 12.7. The van der Waals surface area contributed by atoms with Gasteiger partial charge in [0.25, 0.3) is 0 Å². The highest BCUT2D eigenvalue weighted by Gasteiger charge is 2.32. The van der Waals surface area contributed by atoms with Gasteiger partial charge in [-0.25, -0.2) is 4.79 Å². The number of carbonyl (C=O) groups excluding carboxylic acids is 3. The fourth-order valence-electron chi connectivity index (χ4n) is 2.38. The third-order valence-electron chi connectivity index (χ3n) is 4.27. The van der Waals surface area contributed by atoms with E-state index in [1.807, 2.05) is 5.32 Å². The van der Waals surface area contributed by atoms with Gasteiger partial charge in [0.15, 0.2) is 0 Å². The first-order valence-corrected chi connectivity index (χ1v) is 11.0. The average Bonchev–Trinajstić information content (AvgIpc) is 2.68. The van der Waals surface area contributed by atoms with Crippen LogP contribution in [-0.2, 0) is 28.8 Å². The predicted molar refractivity (Wildman–Crippen MR) is 114 cm³/mol. The number of rotatable bonds is 15. The van der Waals surface area contributed by atoms with Gasteiger partial charge in [0.05, 0.1) is 18.9 Å². The van der Waals surface area contributed by atoms with Crippen LogP contribution in [0.15, 0.2) is 0 Å². The van der Waals surface area contributed by atoms with Crippen LogP contribution in [-0.4, -0.2) is 87.1 Å². The second-order valence-electron chi connectivity index (χ2n) is 7.27. The number of carboxylic acids is 3. The van der Waals surface area contributed by atoms with Gasteiger partial charge < -0.3 is 37.0 Å². The van der Waals surface area contributed by atoms with E-state index in [-0.39, 0.29) is 12.3 Å². The van der Waals surface area contributed by atoms with Crippen molar-refractivity contribution < 1.29 is 44.1 Å². The summed E-state index contributed by atoms with van der Waals surface area (Å²) in [4.78, 5) is 70.5. The minimum atomic E-state index is -1.83. The van der Waals surface area contributed by atoms with Gasteiger partial charge in [0.1, 0.15) is 18.1 Å². The first-order chi connectivity index (χ1) is 14.8. The highest BCUT2D eigenvalue weighted by molar-refractivity contribution is 7.98. The molecule has 182 valence electrons. The molecule has 13 nitrogen and oxygen atoms in total. The molecule has 0 saturated heterocycles. The molecule has 4 atom stereocenters. The second kappa shape index (κ2) is 14.2. The predicted octanol–water partition coefficient (Wildman–Crippen LogP) is -1.79. The lowest BCUT2D eigenvalue weighted by molar-refractivity contribution is -0.148. The SMILES string of the molecule is CSCCC(NC(=O)C(N)C(C)C)C(=O)NC(CC(=O)O)C(=O)NC(CC(=O)O)C(=O)O. The van der Waals surface area contributed by atoms with Crippen molar-refractivity contribution in [1.82, 2.24) is 16.0 Å². The molecule has 0 aliphatic carbocycles. The van der Waals surface area contributed by atoms with E-state index in [0.29, 0.717) is 5.75 Å². The fourth-order valence-corrected chi connectivity index (χ4v) is 2.85. The minimum Gasteiger partial charge on any atom is -0.481 e. The van der Waals surface area contributed by atoms with Crippen LogP contribution >= 0.6 is 11.8 Å². The first-order valence-electron chi connectivity index (χ1n) is 9.62. The van der Waals surface area contributed by atoms with Crippen LogP contribution in [0.25, 0.3) is 0 Å². The Morgan fingerprint density at radius 1 is 0.781 bits per heavy atom. The van der Waals surface area contributed by atoms with E-state index in [2.05, 4.69) is 10.6 Å². The number of hydrogen-bond acceptors (Lipinski definition) is 8. The van der Waals surface area contributed by atoms with E-state index in [0.717, 1.165) is 0 Å². The molecule has 8 N–H and O–H groups in total. The van der Waals surface area contributed by atoms with Crippen LogP contribution in [0.4, 0.5) is 0 Å². The number of nitrogens with two attached hydrogens (primary N) is 1. The van der Waals surface area contributed by atoms with Gasteiger partial charge in [-0.1, -0.05) is 13.8 Å². The minimum absolute atomic E-state index is 0.154. The summed E-state index contributed by atoms with van der Waals surface area (Å²) in [5.41, 5.74) is 5.78. The summed E-state index contributed by atoms with van der Waals surface area (Å²) in [5.74, 6) is -7.04. The van der Waals surface area contributed by atoms with Crippen LogP contribution in [0.1, 0.15) is 33.1 Å². The zero-order chi connectivity index (χ0) is 25.0. The number of carbonyl (C=O) groups is 6. The van der Waals surface area contributed by atoms with Crippen molar-refractivity contribution in [2.24, 2.45) is 11.7 Å². The van der Waals surface area contributed by atoms with Crippen molar-refractivity contribution >= 4 is 47.4 Å². The van der Waals surface area contributed by atoms with Gasteiger partial charge in [-0.05, 0) is 24.3 Å². The summed E-state index contributed by atoms with van der Waals surface area (Å²) in [5, 5.41) is 33.5. The number of thioether (sulfide) groups is 1. The fraction of sp³-hybridized carbons (Fsp3) is 0.667. The molecule has 0 spiro atoms. The molecule has 32 heavy (non-hydrogen) atoms. The van der Waals surface area contributed by atoms with Crippen molar-refractivity contribution in [1.29, 1.82) is 0 Å². The van der Waals surface area contributed by atoms with Crippen molar-refractivity contribution in [2.45, 2.75) is 57.3 Å². The molecule has 0 aromatic heterocycles. The van der Waals surface area contributed by atoms with Crippen LogP contribution in [0.2, 0.25) is 0 Å². The molecule has 0 saturated carbocycles. The van der Waals surface area contributed by atoms with E-state index in [4.69, 9.17) is 21.1 Å². The Kier molecular flexibility index (Phi) is 13.0. The Labute approximate surface area is 188 Å². The van der Waals surface area contributed by atoms with E-state index in [1.165, 1.54) is 11.8 Å². The third kappa shape index (κ3) is 10.9. The van der Waals surface area contributed by atoms with Crippen LogP contribution in [0, 0.1) is 5.92 Å². The van der Waals surface area contributed by atoms with Crippen LogP contribution in [0.5, 0.6) is 0 Å². The van der Waals surface area contributed by atoms with Gasteiger partial charge in [-0.3, -0.25) is 24.0 Å². The molecule has 0 bridgehead atoms. The Morgan fingerprint density at radius 3 is 1.66 bits per heavy atom. The molecule has 0 aliphatic heterocycles. The first kappa shape index (κ1) is 29.1. The molecule has 0 aromatic carbocycles. The Bertz CT molecular complexity index is 717. The Morgan fingerprint density at radius 2 is 1.22 bits per heavy atom. The maximum absolute atomic E-state index is 12.7. The summed E-state index contributed by atoms with van der Waals surface area (Å²) in [6.07, 6.45) is 0.0769. The molecule has 14 heteroatoms. The van der Waals surface area contributed by atoms with Gasteiger partial charge in [0.2, 0.25) is 17.7 Å². The zero-order valence-electron chi connectivity index (χ0n) is 18.0. The lowest BCUT2D eigenvalue weighted by atomic mass is 10.0. The molecular weight excluding hydrogens is 448 g/mol. The molecule has 0 fully saturated rings. The standard InChI is InChI=1S/C18H30N4O9S/c1-8(2)14(19)17(29)20-9(4-5-32-3)15(27)21-10(6-12(23)24)16(28)22-11(18(30)31)7-13(25)26/h8-11,14H,4-7,19H2,1-3H3,(H,20,29)(H,21,27)(H,22,28)(H,23,24)(H,25,26)(H,30,31). The van der Waals surface area contributed by atoms with Gasteiger partial charge >= 0.3 is 17.9 Å². The maximum Gasteiger partial charge on any atom is 0.326 e. The van der Waals surface area contributed by atoms with Crippen LogP contribution in [0.3, 0.4) is 0 Å². The lowest BCUT2D eigenvalue weighted by Crippen LogP contribution is -2.58. The molecule has 0 rings (SSSR count). The van der Waals surface area contributed by atoms with Gasteiger partial charge in [0, 0.05) is 0 Å². The summed E-state index contributed by atoms with van der Waals surface area (Å²) in [6, 6.07) is -5.56. The quantitative estimate of drug-likeness (QED) is 0.139. The number of hydrogen-bond donors (Lipinski definition) is 7. The van der Waals surface area contributed by atoms with Gasteiger partial charge in [-0.15, -0.1) is 0 Å². The number of carboxylic acid groups (broad SMARTS) is 3. The van der Waals surface area contributed by atoms with E-state index < -0.39 is 72.6 Å². The van der Waals surface area contributed by atoms with Gasteiger partial charge in [-0.2, -0.15) is 11.8 Å². The normalized spacial score (nSPS) is 14.5. The molecule has 0 heterocycles. The Hall–Kier alpha value is -2.87. The number of amides is 3. The van der Waals surface area contributed by atoms with Crippen molar-refractivity contribution in [2.75, 3.05) is 12.0 Å². The topological polar surface area (TPSA) is 225 Å². The van der Waals surface area contributed by atoms with Crippen LogP contribution < -0.4 is 21.7 Å². The zero-order valence-corrected chi connectivity index (χ0v) is 18.8. The third-order valence-corrected chi connectivity index (χ3v) is 4.91. The Balaban J connectivity index is 5.51. The van der Waals surface area contributed by atoms with Crippen molar-refractivity contribution in [3.8, 4) is 0 Å². The van der Waals surface area contributed by atoms with Crippen molar-refractivity contribution in [3.05, 3.63) is 0 Å². The number of nitrogens with one attached hydrogen (secondary N) is 3. The molecule has 0 radical (unpaired) electrons.